The molecule has 0 aromatic heterocycles. The lowest BCUT2D eigenvalue weighted by Crippen LogP contribution is -2.51. The van der Waals surface area contributed by atoms with Crippen LogP contribution in [0.4, 0.5) is 0 Å². The Bertz CT molecular complexity index is 188. The van der Waals surface area contributed by atoms with Crippen molar-refractivity contribution >= 4 is 17.4 Å². The van der Waals surface area contributed by atoms with Gasteiger partial charge in [0.2, 0.25) is 0 Å². The van der Waals surface area contributed by atoms with Crippen LogP contribution in [0.5, 0.6) is 0 Å². The van der Waals surface area contributed by atoms with E-state index >= 15 is 0 Å². The van der Waals surface area contributed by atoms with E-state index in [9.17, 15) is 13.6 Å². The standard InChI is InChI=1S/C6H12N2O3S/c9-4-6-3-8(2-1-7-6)5-12(10)11/h4,6-7H,1-3,5H2,(H,10,11)/p-1. The summed E-state index contributed by atoms with van der Waals surface area (Å²) >= 11 is -2.05. The first kappa shape index (κ1) is 9.79. The molecule has 12 heavy (non-hydrogen) atoms. The van der Waals surface area contributed by atoms with Crippen LogP contribution in [0.3, 0.4) is 0 Å². The first-order chi connectivity index (χ1) is 5.72. The Morgan fingerprint density at radius 1 is 1.75 bits per heavy atom. The van der Waals surface area contributed by atoms with E-state index in [1.165, 1.54) is 0 Å². The van der Waals surface area contributed by atoms with Gasteiger partial charge in [0, 0.05) is 19.6 Å². The van der Waals surface area contributed by atoms with Crippen molar-refractivity contribution in [1.29, 1.82) is 0 Å². The molecule has 0 amide bonds. The summed E-state index contributed by atoms with van der Waals surface area (Å²) in [5.74, 6) is 0.0199. The first-order valence-electron chi connectivity index (χ1n) is 3.69. The van der Waals surface area contributed by atoms with Gasteiger partial charge in [-0.2, -0.15) is 0 Å². The normalized spacial score (nSPS) is 28.2. The second kappa shape index (κ2) is 4.66. The molecule has 6 heteroatoms. The molecule has 0 aromatic rings. The molecule has 1 saturated heterocycles. The number of aldehydes is 1. The van der Waals surface area contributed by atoms with E-state index in [0.29, 0.717) is 19.6 Å². The SMILES string of the molecule is O=CC1CN(CS(=O)[O-])CCN1. The van der Waals surface area contributed by atoms with Crippen molar-refractivity contribution in [2.75, 3.05) is 25.5 Å². The number of carbonyl (C=O) groups excluding carboxylic acids is 1. The Balaban J connectivity index is 2.35. The van der Waals surface area contributed by atoms with Gasteiger partial charge in [-0.15, -0.1) is 0 Å². The Labute approximate surface area is 73.4 Å². The van der Waals surface area contributed by atoms with Crippen LogP contribution in [0.2, 0.25) is 0 Å². The molecule has 5 nitrogen and oxygen atoms in total. The zero-order chi connectivity index (χ0) is 8.97. The second-order valence-corrected chi connectivity index (χ2v) is 3.57. The number of rotatable bonds is 3. The molecular weight excluding hydrogens is 180 g/mol. The van der Waals surface area contributed by atoms with E-state index in [4.69, 9.17) is 0 Å². The monoisotopic (exact) mass is 191 g/mol. The largest absolute Gasteiger partial charge is 0.771 e. The maximum Gasteiger partial charge on any atom is 0.138 e. The van der Waals surface area contributed by atoms with Crippen molar-refractivity contribution < 1.29 is 13.6 Å². The number of piperazine rings is 1. The molecular formula is C6H11N2O3S-. The summed E-state index contributed by atoms with van der Waals surface area (Å²) in [6.45, 7) is 1.83. The van der Waals surface area contributed by atoms with Crippen LogP contribution in [0.25, 0.3) is 0 Å². The topological polar surface area (TPSA) is 72.5 Å². The van der Waals surface area contributed by atoms with Crippen LogP contribution in [0.15, 0.2) is 0 Å². The second-order valence-electron chi connectivity index (χ2n) is 2.71. The number of nitrogens with one attached hydrogen (secondary N) is 1. The Morgan fingerprint density at radius 2 is 2.50 bits per heavy atom. The van der Waals surface area contributed by atoms with Gasteiger partial charge < -0.3 is 14.7 Å². The zero-order valence-corrected chi connectivity index (χ0v) is 7.38. The van der Waals surface area contributed by atoms with E-state index < -0.39 is 11.1 Å². The summed E-state index contributed by atoms with van der Waals surface area (Å²) < 4.78 is 20.6. The molecule has 2 atom stereocenters. The average molecular weight is 191 g/mol. The van der Waals surface area contributed by atoms with Gasteiger partial charge in [0.1, 0.15) is 6.29 Å². The summed E-state index contributed by atoms with van der Waals surface area (Å²) in [7, 11) is 0. The predicted octanol–water partition coefficient (Wildman–Crippen LogP) is -1.70. The quantitative estimate of drug-likeness (QED) is 0.425. The Hall–Kier alpha value is -0.300. The van der Waals surface area contributed by atoms with Gasteiger partial charge in [-0.3, -0.25) is 9.11 Å². The van der Waals surface area contributed by atoms with Crippen LogP contribution in [0.1, 0.15) is 0 Å². The van der Waals surface area contributed by atoms with Crippen molar-refractivity contribution in [3.8, 4) is 0 Å². The molecule has 2 unspecified atom stereocenters. The number of hydrogen-bond donors (Lipinski definition) is 1. The van der Waals surface area contributed by atoms with Crippen molar-refractivity contribution in [3.05, 3.63) is 0 Å². The number of nitrogens with zero attached hydrogens (tertiary/aromatic N) is 1. The zero-order valence-electron chi connectivity index (χ0n) is 6.56. The smallest absolute Gasteiger partial charge is 0.138 e. The highest BCUT2D eigenvalue weighted by Crippen LogP contribution is 1.97. The van der Waals surface area contributed by atoms with Crippen LogP contribution < -0.4 is 5.32 Å². The molecule has 0 saturated carbocycles. The summed E-state index contributed by atoms with van der Waals surface area (Å²) in [6, 6.07) is -0.220. The molecule has 0 aromatic carbocycles. The highest BCUT2D eigenvalue weighted by molar-refractivity contribution is 7.79. The lowest BCUT2D eigenvalue weighted by Gasteiger charge is -2.31. The Morgan fingerprint density at radius 3 is 3.08 bits per heavy atom. The minimum Gasteiger partial charge on any atom is -0.771 e. The third-order valence-corrected chi connectivity index (χ3v) is 2.32. The minimum absolute atomic E-state index is 0.0199. The molecule has 1 fully saturated rings. The molecule has 1 heterocycles. The molecule has 0 spiro atoms. The van der Waals surface area contributed by atoms with Gasteiger partial charge in [-0.25, -0.2) is 0 Å². The van der Waals surface area contributed by atoms with E-state index in [2.05, 4.69) is 5.32 Å². The molecule has 1 aliphatic heterocycles. The summed E-state index contributed by atoms with van der Waals surface area (Å²) in [4.78, 5) is 12.1. The van der Waals surface area contributed by atoms with E-state index in [-0.39, 0.29) is 11.9 Å². The fourth-order valence-corrected chi connectivity index (χ4v) is 1.73. The maximum atomic E-state index is 10.3. The average Bonchev–Trinajstić information content (AvgIpc) is 2.03. The van der Waals surface area contributed by atoms with E-state index in [0.717, 1.165) is 6.29 Å². The predicted molar refractivity (Wildman–Crippen MR) is 43.2 cm³/mol. The molecule has 0 bridgehead atoms. The molecule has 1 N–H and O–H groups in total. The van der Waals surface area contributed by atoms with Crippen LogP contribution in [0, 0.1) is 0 Å². The van der Waals surface area contributed by atoms with Gasteiger partial charge in [0.25, 0.3) is 0 Å². The molecule has 1 rings (SSSR count). The van der Waals surface area contributed by atoms with Crippen LogP contribution in [-0.2, 0) is 15.9 Å². The summed E-state index contributed by atoms with van der Waals surface area (Å²) in [5, 5.41) is 2.96. The highest BCUT2D eigenvalue weighted by Gasteiger charge is 2.17. The van der Waals surface area contributed by atoms with Gasteiger partial charge in [-0.05, 0) is 11.1 Å². The van der Waals surface area contributed by atoms with Crippen molar-refractivity contribution in [2.45, 2.75) is 6.04 Å². The maximum absolute atomic E-state index is 10.3. The minimum atomic E-state index is -2.05. The third kappa shape index (κ3) is 2.98. The van der Waals surface area contributed by atoms with Crippen molar-refractivity contribution in [3.63, 3.8) is 0 Å². The molecule has 0 aliphatic carbocycles. The number of carbonyl (C=O) groups is 1. The third-order valence-electron chi connectivity index (χ3n) is 1.74. The summed E-state index contributed by atoms with van der Waals surface area (Å²) in [5.41, 5.74) is 0. The number of hydrogen-bond acceptors (Lipinski definition) is 5. The Kier molecular flexibility index (Phi) is 3.80. The first-order valence-corrected chi connectivity index (χ1v) is 4.93. The van der Waals surface area contributed by atoms with Gasteiger partial charge >= 0.3 is 0 Å². The van der Waals surface area contributed by atoms with Crippen LogP contribution in [-0.4, -0.2) is 51.5 Å². The van der Waals surface area contributed by atoms with Gasteiger partial charge in [0.15, 0.2) is 0 Å². The van der Waals surface area contributed by atoms with Crippen molar-refractivity contribution in [2.24, 2.45) is 0 Å². The van der Waals surface area contributed by atoms with Gasteiger partial charge in [-0.1, -0.05) is 0 Å². The fourth-order valence-electron chi connectivity index (χ4n) is 1.20. The molecule has 70 valence electrons. The highest BCUT2D eigenvalue weighted by atomic mass is 32.2. The summed E-state index contributed by atoms with van der Waals surface area (Å²) in [6.07, 6.45) is 0.805. The van der Waals surface area contributed by atoms with E-state index in [1.54, 1.807) is 4.90 Å². The molecule has 1 aliphatic rings. The lowest BCUT2D eigenvalue weighted by atomic mass is 10.2. The fraction of sp³-hybridized carbons (Fsp3) is 0.833. The van der Waals surface area contributed by atoms with Gasteiger partial charge in [0.05, 0.1) is 11.9 Å². The van der Waals surface area contributed by atoms with Crippen molar-refractivity contribution in [1.82, 2.24) is 10.2 Å². The molecule has 0 radical (unpaired) electrons. The lowest BCUT2D eigenvalue weighted by molar-refractivity contribution is -0.110. The van der Waals surface area contributed by atoms with Crippen LogP contribution >= 0.6 is 0 Å². The van der Waals surface area contributed by atoms with E-state index in [1.807, 2.05) is 0 Å².